The molecule has 0 N–H and O–H groups in total. The fraction of sp³-hybridized carbons (Fsp3) is 0.524. The van der Waals surface area contributed by atoms with Crippen LogP contribution < -0.4 is 0 Å². The van der Waals surface area contributed by atoms with Gasteiger partial charge in [0.15, 0.2) is 5.76 Å². The van der Waals surface area contributed by atoms with Gasteiger partial charge in [-0.3, -0.25) is 0 Å². The van der Waals surface area contributed by atoms with Crippen molar-refractivity contribution in [3.8, 4) is 11.3 Å². The summed E-state index contributed by atoms with van der Waals surface area (Å²) in [5.41, 5.74) is 0.860. The van der Waals surface area contributed by atoms with Crippen molar-refractivity contribution in [2.24, 2.45) is 5.41 Å². The van der Waals surface area contributed by atoms with Crippen LogP contribution in [-0.2, 0) is 15.3 Å². The molecule has 134 valence electrons. The molecular formula is C21H27NO3. The highest BCUT2D eigenvalue weighted by Gasteiger charge is 2.54. The van der Waals surface area contributed by atoms with Crippen LogP contribution in [0.1, 0.15) is 32.4 Å². The van der Waals surface area contributed by atoms with Crippen LogP contribution in [0, 0.1) is 5.41 Å². The predicted molar refractivity (Wildman–Crippen MR) is 97.2 cm³/mol. The highest BCUT2D eigenvalue weighted by molar-refractivity contribution is 5.57. The molecule has 1 aromatic heterocycles. The molecule has 2 aromatic rings. The van der Waals surface area contributed by atoms with Crippen molar-refractivity contribution in [3.05, 3.63) is 48.2 Å². The average Bonchev–Trinajstić information content (AvgIpc) is 3.36. The Kier molecular flexibility index (Phi) is 4.44. The standard InChI is InChI=1S/C21H27NO3/c1-20(2,16-22-12-6-7-13-22)21(23-14-15-24-21)19-11-10-18(25-19)17-8-4-3-5-9-17/h3-5,8-11H,6-7,12-16H2,1-2H3. The van der Waals surface area contributed by atoms with Crippen LogP contribution in [-0.4, -0.2) is 37.7 Å². The van der Waals surface area contributed by atoms with Gasteiger partial charge in [0.2, 0.25) is 5.79 Å². The number of benzene rings is 1. The van der Waals surface area contributed by atoms with Gasteiger partial charge in [0.05, 0.1) is 13.2 Å². The van der Waals surface area contributed by atoms with Gasteiger partial charge >= 0.3 is 0 Å². The van der Waals surface area contributed by atoms with Crippen LogP contribution in [0.3, 0.4) is 0 Å². The number of hydrogen-bond acceptors (Lipinski definition) is 4. The topological polar surface area (TPSA) is 34.8 Å². The van der Waals surface area contributed by atoms with Gasteiger partial charge in [0.1, 0.15) is 5.76 Å². The lowest BCUT2D eigenvalue weighted by Gasteiger charge is -2.42. The molecule has 0 radical (unpaired) electrons. The molecule has 4 rings (SSSR count). The normalized spacial score (nSPS) is 21.0. The van der Waals surface area contributed by atoms with Gasteiger partial charge in [0, 0.05) is 17.5 Å². The van der Waals surface area contributed by atoms with Crippen molar-refractivity contribution in [2.75, 3.05) is 32.8 Å². The largest absolute Gasteiger partial charge is 0.455 e. The zero-order valence-electron chi connectivity index (χ0n) is 15.2. The third kappa shape index (κ3) is 3.03. The lowest BCUT2D eigenvalue weighted by Crippen LogP contribution is -2.49. The summed E-state index contributed by atoms with van der Waals surface area (Å²) >= 11 is 0. The zero-order chi connectivity index (χ0) is 17.3. The van der Waals surface area contributed by atoms with Gasteiger partial charge < -0.3 is 18.8 Å². The Bertz CT molecular complexity index is 695. The minimum Gasteiger partial charge on any atom is -0.455 e. The molecule has 0 atom stereocenters. The van der Waals surface area contributed by atoms with E-state index in [9.17, 15) is 0 Å². The SMILES string of the molecule is CC(C)(CN1CCCC1)C1(c2ccc(-c3ccccc3)o2)OCCO1. The molecule has 0 spiro atoms. The lowest BCUT2D eigenvalue weighted by atomic mass is 9.81. The van der Waals surface area contributed by atoms with Gasteiger partial charge in [0.25, 0.3) is 0 Å². The quantitative estimate of drug-likeness (QED) is 0.813. The van der Waals surface area contributed by atoms with Gasteiger partial charge in [-0.25, -0.2) is 0 Å². The van der Waals surface area contributed by atoms with E-state index >= 15 is 0 Å². The molecule has 4 nitrogen and oxygen atoms in total. The van der Waals surface area contributed by atoms with Crippen molar-refractivity contribution in [1.29, 1.82) is 0 Å². The fourth-order valence-electron chi connectivity index (χ4n) is 4.16. The number of hydrogen-bond donors (Lipinski definition) is 0. The van der Waals surface area contributed by atoms with E-state index in [1.54, 1.807) is 0 Å². The van der Waals surface area contributed by atoms with Crippen LogP contribution in [0.15, 0.2) is 46.9 Å². The third-order valence-electron chi connectivity index (χ3n) is 5.39. The maximum atomic E-state index is 6.24. The van der Waals surface area contributed by atoms with Crippen molar-refractivity contribution in [1.82, 2.24) is 4.90 Å². The minimum absolute atomic E-state index is 0.209. The molecular weight excluding hydrogens is 314 g/mol. The van der Waals surface area contributed by atoms with Gasteiger partial charge in [-0.2, -0.15) is 0 Å². The number of ether oxygens (including phenoxy) is 2. The first-order valence-electron chi connectivity index (χ1n) is 9.27. The number of rotatable bonds is 5. The molecule has 25 heavy (non-hydrogen) atoms. The molecule has 2 saturated heterocycles. The van der Waals surface area contributed by atoms with Crippen molar-refractivity contribution < 1.29 is 13.9 Å². The van der Waals surface area contributed by atoms with E-state index < -0.39 is 5.79 Å². The first-order valence-corrected chi connectivity index (χ1v) is 9.27. The first kappa shape index (κ1) is 16.8. The predicted octanol–water partition coefficient (Wildman–Crippen LogP) is 4.27. The van der Waals surface area contributed by atoms with Crippen LogP contribution in [0.5, 0.6) is 0 Å². The monoisotopic (exact) mass is 341 g/mol. The number of nitrogens with zero attached hydrogens (tertiary/aromatic N) is 1. The maximum Gasteiger partial charge on any atom is 0.235 e. The summed E-state index contributed by atoms with van der Waals surface area (Å²) in [6.07, 6.45) is 2.56. The number of likely N-dealkylation sites (tertiary alicyclic amines) is 1. The Morgan fingerprint density at radius 3 is 2.32 bits per heavy atom. The van der Waals surface area contributed by atoms with Crippen LogP contribution in [0.25, 0.3) is 11.3 Å². The highest BCUT2D eigenvalue weighted by atomic mass is 16.7. The summed E-state index contributed by atoms with van der Waals surface area (Å²) in [6.45, 7) is 8.91. The lowest BCUT2D eigenvalue weighted by molar-refractivity contribution is -0.252. The summed E-state index contributed by atoms with van der Waals surface area (Å²) < 4.78 is 18.7. The summed E-state index contributed by atoms with van der Waals surface area (Å²) in [5.74, 6) is 0.807. The van der Waals surface area contributed by atoms with Gasteiger partial charge in [-0.05, 0) is 38.1 Å². The third-order valence-corrected chi connectivity index (χ3v) is 5.39. The van der Waals surface area contributed by atoms with E-state index in [1.807, 2.05) is 30.3 Å². The summed E-state index contributed by atoms with van der Waals surface area (Å²) in [7, 11) is 0. The van der Waals surface area contributed by atoms with E-state index in [1.165, 1.54) is 12.8 Å². The van der Waals surface area contributed by atoms with Gasteiger partial charge in [-0.1, -0.05) is 44.2 Å². The second-order valence-corrected chi connectivity index (χ2v) is 7.71. The molecule has 2 fully saturated rings. The average molecular weight is 341 g/mol. The van der Waals surface area contributed by atoms with E-state index in [-0.39, 0.29) is 5.41 Å². The second kappa shape index (κ2) is 6.60. The Morgan fingerprint density at radius 1 is 0.960 bits per heavy atom. The number of furan rings is 1. The smallest absolute Gasteiger partial charge is 0.235 e. The van der Waals surface area contributed by atoms with E-state index in [0.29, 0.717) is 13.2 Å². The minimum atomic E-state index is -0.817. The highest BCUT2D eigenvalue weighted by Crippen LogP contribution is 2.48. The van der Waals surface area contributed by atoms with E-state index in [4.69, 9.17) is 13.9 Å². The summed E-state index contributed by atoms with van der Waals surface area (Å²) in [6, 6.07) is 14.2. The molecule has 0 unspecified atom stereocenters. The Hall–Kier alpha value is -1.62. The fourth-order valence-corrected chi connectivity index (χ4v) is 4.16. The van der Waals surface area contributed by atoms with Crippen LogP contribution in [0.2, 0.25) is 0 Å². The van der Waals surface area contributed by atoms with Gasteiger partial charge in [-0.15, -0.1) is 0 Å². The van der Waals surface area contributed by atoms with Crippen molar-refractivity contribution in [3.63, 3.8) is 0 Å². The molecule has 2 aliphatic heterocycles. The van der Waals surface area contributed by atoms with Crippen LogP contribution in [0.4, 0.5) is 0 Å². The molecule has 0 aliphatic carbocycles. The molecule has 0 bridgehead atoms. The Labute approximate surface area is 149 Å². The van der Waals surface area contributed by atoms with Crippen molar-refractivity contribution >= 4 is 0 Å². The molecule has 4 heteroatoms. The summed E-state index contributed by atoms with van der Waals surface area (Å²) in [4.78, 5) is 2.51. The second-order valence-electron chi connectivity index (χ2n) is 7.71. The molecule has 0 saturated carbocycles. The molecule has 1 aromatic carbocycles. The van der Waals surface area contributed by atoms with E-state index in [0.717, 1.165) is 36.7 Å². The maximum absolute atomic E-state index is 6.24. The van der Waals surface area contributed by atoms with Crippen molar-refractivity contribution in [2.45, 2.75) is 32.5 Å². The van der Waals surface area contributed by atoms with Crippen LogP contribution >= 0.6 is 0 Å². The Balaban J connectivity index is 1.65. The zero-order valence-corrected chi connectivity index (χ0v) is 15.2. The molecule has 3 heterocycles. The Morgan fingerprint density at radius 2 is 1.64 bits per heavy atom. The summed E-state index contributed by atoms with van der Waals surface area (Å²) in [5, 5.41) is 0. The van der Waals surface area contributed by atoms with E-state index in [2.05, 4.69) is 30.9 Å². The molecule has 2 aliphatic rings. The first-order chi connectivity index (χ1) is 12.1. The molecule has 0 amide bonds.